The lowest BCUT2D eigenvalue weighted by Gasteiger charge is -2.11. The number of hydrogen-bond donors (Lipinski definition) is 2. The van der Waals surface area contributed by atoms with Crippen molar-refractivity contribution in [1.29, 1.82) is 0 Å². The largest absolute Gasteiger partial charge is 0.488 e. The predicted octanol–water partition coefficient (Wildman–Crippen LogP) is 2.82. The van der Waals surface area contributed by atoms with Crippen LogP contribution in [-0.2, 0) is 6.61 Å². The second-order valence-corrected chi connectivity index (χ2v) is 4.02. The summed E-state index contributed by atoms with van der Waals surface area (Å²) in [5.74, 6) is -2.84. The standard InChI is InChI=1S/C14H11F2NO3/c15-9-4-2-1-3-8(9)7-20-11-6-5-10(16)13(17)12(11)14(18)19/h1-6H,7,17H2,(H,18,19). The molecule has 0 aliphatic rings. The second kappa shape index (κ2) is 5.56. The topological polar surface area (TPSA) is 72.5 Å². The molecule has 0 aliphatic carbocycles. The molecular weight excluding hydrogens is 268 g/mol. The number of nitrogen functional groups attached to an aromatic ring is 1. The molecule has 4 nitrogen and oxygen atoms in total. The Morgan fingerprint density at radius 1 is 1.15 bits per heavy atom. The zero-order chi connectivity index (χ0) is 14.7. The van der Waals surface area contributed by atoms with Gasteiger partial charge in [-0.1, -0.05) is 18.2 Å². The Morgan fingerprint density at radius 2 is 1.85 bits per heavy atom. The number of carboxylic acids is 1. The van der Waals surface area contributed by atoms with Gasteiger partial charge in [-0.15, -0.1) is 0 Å². The Labute approximate surface area is 113 Å². The van der Waals surface area contributed by atoms with E-state index < -0.39 is 28.9 Å². The van der Waals surface area contributed by atoms with Crippen LogP contribution < -0.4 is 10.5 Å². The number of anilines is 1. The number of hydrogen-bond acceptors (Lipinski definition) is 3. The first-order valence-electron chi connectivity index (χ1n) is 5.68. The molecule has 0 radical (unpaired) electrons. The average molecular weight is 279 g/mol. The third kappa shape index (κ3) is 2.69. The summed E-state index contributed by atoms with van der Waals surface area (Å²) in [4.78, 5) is 11.1. The Morgan fingerprint density at radius 3 is 2.50 bits per heavy atom. The molecule has 0 heterocycles. The zero-order valence-corrected chi connectivity index (χ0v) is 10.3. The third-order valence-electron chi connectivity index (χ3n) is 2.71. The molecule has 0 bridgehead atoms. The fourth-order valence-electron chi connectivity index (χ4n) is 1.69. The summed E-state index contributed by atoms with van der Waals surface area (Å²) in [5, 5.41) is 9.02. The SMILES string of the molecule is Nc1c(F)ccc(OCc2ccccc2F)c1C(=O)O. The molecule has 0 saturated carbocycles. The highest BCUT2D eigenvalue weighted by molar-refractivity contribution is 5.96. The van der Waals surface area contributed by atoms with Crippen molar-refractivity contribution in [3.8, 4) is 5.75 Å². The van der Waals surface area contributed by atoms with Gasteiger partial charge >= 0.3 is 5.97 Å². The first kappa shape index (κ1) is 13.8. The molecule has 0 aliphatic heterocycles. The number of aromatic carboxylic acids is 1. The van der Waals surface area contributed by atoms with Crippen LogP contribution in [0, 0.1) is 11.6 Å². The van der Waals surface area contributed by atoms with Gasteiger partial charge in [0.2, 0.25) is 0 Å². The number of benzene rings is 2. The van der Waals surface area contributed by atoms with Gasteiger partial charge in [0.1, 0.15) is 29.6 Å². The van der Waals surface area contributed by atoms with Crippen LogP contribution in [0.3, 0.4) is 0 Å². The number of rotatable bonds is 4. The molecule has 0 spiro atoms. The number of carboxylic acid groups (broad SMARTS) is 1. The van der Waals surface area contributed by atoms with Crippen LogP contribution in [0.4, 0.5) is 14.5 Å². The highest BCUT2D eigenvalue weighted by Crippen LogP contribution is 2.28. The first-order chi connectivity index (χ1) is 9.50. The lowest BCUT2D eigenvalue weighted by Crippen LogP contribution is -2.09. The van der Waals surface area contributed by atoms with Gasteiger partial charge in [0.05, 0.1) is 5.69 Å². The van der Waals surface area contributed by atoms with Crippen molar-refractivity contribution in [2.75, 3.05) is 5.73 Å². The summed E-state index contributed by atoms with van der Waals surface area (Å²) in [5.41, 5.74) is 4.65. The lowest BCUT2D eigenvalue weighted by atomic mass is 10.1. The van der Waals surface area contributed by atoms with Crippen LogP contribution in [0.15, 0.2) is 36.4 Å². The van der Waals surface area contributed by atoms with Crippen molar-refractivity contribution in [3.63, 3.8) is 0 Å². The molecular formula is C14H11F2NO3. The fraction of sp³-hybridized carbons (Fsp3) is 0.0714. The van der Waals surface area contributed by atoms with E-state index in [2.05, 4.69) is 0 Å². The van der Waals surface area contributed by atoms with E-state index in [-0.39, 0.29) is 17.9 Å². The Balaban J connectivity index is 2.29. The molecule has 0 unspecified atom stereocenters. The number of ether oxygens (including phenoxy) is 1. The normalized spacial score (nSPS) is 10.3. The zero-order valence-electron chi connectivity index (χ0n) is 10.3. The van der Waals surface area contributed by atoms with Crippen molar-refractivity contribution < 1.29 is 23.4 Å². The maximum atomic E-state index is 13.4. The van der Waals surface area contributed by atoms with Crippen molar-refractivity contribution in [2.24, 2.45) is 0 Å². The number of carbonyl (C=O) groups is 1. The first-order valence-corrected chi connectivity index (χ1v) is 5.68. The van der Waals surface area contributed by atoms with Gasteiger partial charge in [-0.25, -0.2) is 13.6 Å². The van der Waals surface area contributed by atoms with E-state index in [4.69, 9.17) is 15.6 Å². The minimum absolute atomic E-state index is 0.111. The van der Waals surface area contributed by atoms with Crippen molar-refractivity contribution in [1.82, 2.24) is 0 Å². The Kier molecular flexibility index (Phi) is 3.84. The molecule has 104 valence electrons. The molecule has 2 rings (SSSR count). The van der Waals surface area contributed by atoms with Crippen molar-refractivity contribution >= 4 is 11.7 Å². The Hall–Kier alpha value is -2.63. The maximum absolute atomic E-state index is 13.4. The predicted molar refractivity (Wildman–Crippen MR) is 68.5 cm³/mol. The van der Waals surface area contributed by atoms with Gasteiger partial charge in [0.15, 0.2) is 0 Å². The molecule has 2 aromatic carbocycles. The van der Waals surface area contributed by atoms with E-state index in [1.165, 1.54) is 18.2 Å². The molecule has 0 aromatic heterocycles. The Bertz CT molecular complexity index is 659. The van der Waals surface area contributed by atoms with E-state index >= 15 is 0 Å². The molecule has 0 fully saturated rings. The van der Waals surface area contributed by atoms with E-state index in [9.17, 15) is 13.6 Å². The van der Waals surface area contributed by atoms with Crippen LogP contribution in [-0.4, -0.2) is 11.1 Å². The molecule has 2 aromatic rings. The van der Waals surface area contributed by atoms with E-state index in [0.29, 0.717) is 0 Å². The maximum Gasteiger partial charge on any atom is 0.341 e. The third-order valence-corrected chi connectivity index (χ3v) is 2.71. The van der Waals surface area contributed by atoms with Crippen LogP contribution in [0.2, 0.25) is 0 Å². The number of nitrogens with two attached hydrogens (primary N) is 1. The highest BCUT2D eigenvalue weighted by atomic mass is 19.1. The molecule has 6 heteroatoms. The molecule has 0 atom stereocenters. The molecule has 0 amide bonds. The summed E-state index contributed by atoms with van der Waals surface area (Å²) < 4.78 is 31.9. The van der Waals surface area contributed by atoms with E-state index in [0.717, 1.165) is 12.1 Å². The second-order valence-electron chi connectivity index (χ2n) is 4.02. The molecule has 3 N–H and O–H groups in total. The highest BCUT2D eigenvalue weighted by Gasteiger charge is 2.19. The van der Waals surface area contributed by atoms with Gasteiger partial charge in [0.25, 0.3) is 0 Å². The minimum Gasteiger partial charge on any atom is -0.488 e. The van der Waals surface area contributed by atoms with Gasteiger partial charge in [0, 0.05) is 5.56 Å². The monoisotopic (exact) mass is 279 g/mol. The van der Waals surface area contributed by atoms with Crippen molar-refractivity contribution in [3.05, 3.63) is 59.2 Å². The van der Waals surface area contributed by atoms with Crippen molar-refractivity contribution in [2.45, 2.75) is 6.61 Å². The molecule has 0 saturated heterocycles. The summed E-state index contributed by atoms with van der Waals surface area (Å²) in [6, 6.07) is 8.06. The van der Waals surface area contributed by atoms with Crippen LogP contribution >= 0.6 is 0 Å². The smallest absolute Gasteiger partial charge is 0.341 e. The van der Waals surface area contributed by atoms with Crippen LogP contribution in [0.5, 0.6) is 5.75 Å². The van der Waals surface area contributed by atoms with E-state index in [1.54, 1.807) is 6.07 Å². The summed E-state index contributed by atoms with van der Waals surface area (Å²) >= 11 is 0. The fourth-order valence-corrected chi connectivity index (χ4v) is 1.69. The summed E-state index contributed by atoms with van der Waals surface area (Å²) in [6.07, 6.45) is 0. The van der Waals surface area contributed by atoms with Gasteiger partial charge in [-0.2, -0.15) is 0 Å². The van der Waals surface area contributed by atoms with Crippen LogP contribution in [0.1, 0.15) is 15.9 Å². The van der Waals surface area contributed by atoms with E-state index in [1.807, 2.05) is 0 Å². The molecule has 20 heavy (non-hydrogen) atoms. The minimum atomic E-state index is -1.41. The average Bonchev–Trinajstić information content (AvgIpc) is 2.41. The lowest BCUT2D eigenvalue weighted by molar-refractivity contribution is 0.0692. The quantitative estimate of drug-likeness (QED) is 0.844. The van der Waals surface area contributed by atoms with Gasteiger partial charge in [-0.05, 0) is 18.2 Å². The number of halogens is 2. The van der Waals surface area contributed by atoms with Gasteiger partial charge in [-0.3, -0.25) is 0 Å². The van der Waals surface area contributed by atoms with Gasteiger partial charge < -0.3 is 15.6 Å². The van der Waals surface area contributed by atoms with Crippen LogP contribution in [0.25, 0.3) is 0 Å². The summed E-state index contributed by atoms with van der Waals surface area (Å²) in [6.45, 7) is -0.183. The summed E-state index contributed by atoms with van der Waals surface area (Å²) in [7, 11) is 0.